The summed E-state index contributed by atoms with van der Waals surface area (Å²) in [5, 5.41) is 7.38. The van der Waals surface area contributed by atoms with Crippen molar-refractivity contribution >= 4 is 21.8 Å². The Balaban J connectivity index is 1.54. The first-order valence-corrected chi connectivity index (χ1v) is 7.99. The van der Waals surface area contributed by atoms with Gasteiger partial charge in [0.15, 0.2) is 0 Å². The molecule has 0 spiro atoms. The van der Waals surface area contributed by atoms with Gasteiger partial charge in [-0.05, 0) is 42.5 Å². The highest BCUT2D eigenvalue weighted by atomic mass is 79.9. The largest absolute Gasteiger partial charge is 0.350 e. The zero-order valence-corrected chi connectivity index (χ0v) is 13.9. The van der Waals surface area contributed by atoms with Crippen molar-refractivity contribution in [1.82, 2.24) is 20.1 Å². The number of nitrogens with one attached hydrogen (secondary N) is 1. The van der Waals surface area contributed by atoms with E-state index in [-0.39, 0.29) is 5.91 Å². The van der Waals surface area contributed by atoms with Crippen molar-refractivity contribution in [3.05, 3.63) is 71.1 Å². The van der Waals surface area contributed by atoms with Crippen LogP contribution < -0.4 is 5.32 Å². The molecule has 0 bridgehead atoms. The van der Waals surface area contributed by atoms with E-state index >= 15 is 0 Å². The Morgan fingerprint density at radius 2 is 1.83 bits per heavy atom. The molecule has 1 N–H and O–H groups in total. The molecule has 3 aromatic rings. The number of halogens is 1. The van der Waals surface area contributed by atoms with Gasteiger partial charge in [-0.15, -0.1) is 0 Å². The molecule has 23 heavy (non-hydrogen) atoms. The molecule has 6 heteroatoms. The first kappa shape index (κ1) is 15.4. The molecule has 0 radical (unpaired) electrons. The van der Waals surface area contributed by atoms with Gasteiger partial charge in [-0.3, -0.25) is 14.5 Å². The predicted molar refractivity (Wildman–Crippen MR) is 91.9 cm³/mol. The van der Waals surface area contributed by atoms with Crippen molar-refractivity contribution in [1.29, 1.82) is 0 Å². The molecule has 0 saturated carbocycles. The molecule has 116 valence electrons. The average molecular weight is 371 g/mol. The number of aromatic nitrogens is 3. The number of carbonyl (C=O) groups is 1. The van der Waals surface area contributed by atoms with E-state index in [2.05, 4.69) is 31.3 Å². The van der Waals surface area contributed by atoms with Crippen LogP contribution in [0.4, 0.5) is 0 Å². The third-order valence-corrected chi connectivity index (χ3v) is 3.88. The molecule has 0 aliphatic carbocycles. The summed E-state index contributed by atoms with van der Waals surface area (Å²) in [5.74, 6) is -0.0842. The number of benzene rings is 1. The summed E-state index contributed by atoms with van der Waals surface area (Å²) in [5.41, 5.74) is 2.57. The van der Waals surface area contributed by atoms with Crippen LogP contribution in [0.25, 0.3) is 11.3 Å². The summed E-state index contributed by atoms with van der Waals surface area (Å²) in [7, 11) is 0. The second-order valence-corrected chi connectivity index (χ2v) is 5.88. The van der Waals surface area contributed by atoms with Gasteiger partial charge >= 0.3 is 0 Å². The third-order valence-electron chi connectivity index (χ3n) is 3.35. The molecular formula is C17H15BrN4O. The Hall–Kier alpha value is -2.47. The molecule has 0 fully saturated rings. The van der Waals surface area contributed by atoms with Crippen LogP contribution in [0.3, 0.4) is 0 Å². The molecule has 0 aliphatic heterocycles. The lowest BCUT2D eigenvalue weighted by Gasteiger charge is -2.05. The molecule has 5 nitrogen and oxygen atoms in total. The van der Waals surface area contributed by atoms with Crippen LogP contribution in [-0.4, -0.2) is 27.2 Å². The highest BCUT2D eigenvalue weighted by molar-refractivity contribution is 9.10. The van der Waals surface area contributed by atoms with Gasteiger partial charge in [-0.2, -0.15) is 5.10 Å². The standard InChI is InChI=1S/C17H15BrN4O/c18-15-3-1-14(2-4-15)17(23)20-10-12-22-11-7-16(21-22)13-5-8-19-9-6-13/h1-9,11H,10,12H2,(H,20,23). The normalized spacial score (nSPS) is 10.5. The number of hydrogen-bond acceptors (Lipinski definition) is 3. The Labute approximate surface area is 142 Å². The molecule has 2 aromatic heterocycles. The first-order valence-electron chi connectivity index (χ1n) is 7.20. The van der Waals surface area contributed by atoms with Gasteiger partial charge in [-0.1, -0.05) is 15.9 Å². The second kappa shape index (κ2) is 7.19. The fraction of sp³-hybridized carbons (Fsp3) is 0.118. The van der Waals surface area contributed by atoms with Gasteiger partial charge in [-0.25, -0.2) is 0 Å². The van der Waals surface area contributed by atoms with Crippen LogP contribution in [0.1, 0.15) is 10.4 Å². The fourth-order valence-corrected chi connectivity index (χ4v) is 2.41. The minimum absolute atomic E-state index is 0.0842. The number of carbonyl (C=O) groups excluding carboxylic acids is 1. The van der Waals surface area contributed by atoms with Gasteiger partial charge in [0.25, 0.3) is 5.91 Å². The summed E-state index contributed by atoms with van der Waals surface area (Å²) in [6, 6.07) is 13.1. The van der Waals surface area contributed by atoms with E-state index < -0.39 is 0 Å². The summed E-state index contributed by atoms with van der Waals surface area (Å²) < 4.78 is 2.77. The number of hydrogen-bond donors (Lipinski definition) is 1. The van der Waals surface area contributed by atoms with Crippen molar-refractivity contribution in [2.24, 2.45) is 0 Å². The monoisotopic (exact) mass is 370 g/mol. The van der Waals surface area contributed by atoms with E-state index in [0.717, 1.165) is 15.7 Å². The molecule has 0 unspecified atom stereocenters. The van der Waals surface area contributed by atoms with Crippen molar-refractivity contribution < 1.29 is 4.79 Å². The van der Waals surface area contributed by atoms with E-state index in [1.165, 1.54) is 0 Å². The number of pyridine rings is 1. The van der Waals surface area contributed by atoms with Crippen LogP contribution in [0, 0.1) is 0 Å². The molecule has 1 amide bonds. The second-order valence-electron chi connectivity index (χ2n) is 4.96. The maximum atomic E-state index is 12.0. The minimum Gasteiger partial charge on any atom is -0.350 e. The van der Waals surface area contributed by atoms with Crippen molar-refractivity contribution in [2.75, 3.05) is 6.54 Å². The van der Waals surface area contributed by atoms with Crippen LogP contribution in [0.5, 0.6) is 0 Å². The average Bonchev–Trinajstić information content (AvgIpc) is 3.05. The Bertz CT molecular complexity index is 784. The van der Waals surface area contributed by atoms with E-state index in [1.54, 1.807) is 24.5 Å². The van der Waals surface area contributed by atoms with Gasteiger partial charge in [0.1, 0.15) is 0 Å². The van der Waals surface area contributed by atoms with E-state index in [0.29, 0.717) is 18.7 Å². The summed E-state index contributed by atoms with van der Waals surface area (Å²) in [6.45, 7) is 1.14. The Morgan fingerprint density at radius 1 is 1.09 bits per heavy atom. The van der Waals surface area contributed by atoms with Crippen LogP contribution in [-0.2, 0) is 6.54 Å². The number of rotatable bonds is 5. The number of nitrogens with zero attached hydrogens (tertiary/aromatic N) is 3. The van der Waals surface area contributed by atoms with Crippen molar-refractivity contribution in [3.8, 4) is 11.3 Å². The van der Waals surface area contributed by atoms with E-state index in [1.807, 2.05) is 41.2 Å². The van der Waals surface area contributed by atoms with E-state index in [4.69, 9.17) is 0 Å². The van der Waals surface area contributed by atoms with Gasteiger partial charge in [0, 0.05) is 40.7 Å². The predicted octanol–water partition coefficient (Wildman–Crippen LogP) is 3.14. The summed E-state index contributed by atoms with van der Waals surface area (Å²) in [4.78, 5) is 16.0. The minimum atomic E-state index is -0.0842. The lowest BCUT2D eigenvalue weighted by atomic mass is 10.2. The van der Waals surface area contributed by atoms with Gasteiger partial charge in [0.2, 0.25) is 0 Å². The first-order chi connectivity index (χ1) is 11.2. The van der Waals surface area contributed by atoms with E-state index in [9.17, 15) is 4.79 Å². The molecule has 1 aromatic carbocycles. The molecule has 0 saturated heterocycles. The number of amides is 1. The van der Waals surface area contributed by atoms with Gasteiger partial charge in [0.05, 0.1) is 12.2 Å². The Kier molecular flexibility index (Phi) is 4.83. The summed E-state index contributed by atoms with van der Waals surface area (Å²) in [6.07, 6.45) is 5.39. The lowest BCUT2D eigenvalue weighted by Crippen LogP contribution is -2.27. The molecule has 0 aliphatic rings. The lowest BCUT2D eigenvalue weighted by molar-refractivity contribution is 0.0952. The van der Waals surface area contributed by atoms with Crippen molar-refractivity contribution in [2.45, 2.75) is 6.54 Å². The highest BCUT2D eigenvalue weighted by Gasteiger charge is 2.05. The molecule has 3 rings (SSSR count). The molecule has 0 atom stereocenters. The Morgan fingerprint density at radius 3 is 2.57 bits per heavy atom. The zero-order valence-electron chi connectivity index (χ0n) is 12.3. The van der Waals surface area contributed by atoms with Crippen LogP contribution in [0.15, 0.2) is 65.5 Å². The van der Waals surface area contributed by atoms with Gasteiger partial charge < -0.3 is 5.32 Å². The molecular weight excluding hydrogens is 356 g/mol. The maximum absolute atomic E-state index is 12.0. The SMILES string of the molecule is O=C(NCCn1ccc(-c2ccncc2)n1)c1ccc(Br)cc1. The van der Waals surface area contributed by atoms with Crippen LogP contribution in [0.2, 0.25) is 0 Å². The third kappa shape index (κ3) is 4.04. The fourth-order valence-electron chi connectivity index (χ4n) is 2.15. The quantitative estimate of drug-likeness (QED) is 0.750. The highest BCUT2D eigenvalue weighted by Crippen LogP contribution is 2.14. The van der Waals surface area contributed by atoms with Crippen LogP contribution >= 0.6 is 15.9 Å². The maximum Gasteiger partial charge on any atom is 0.251 e. The summed E-state index contributed by atoms with van der Waals surface area (Å²) >= 11 is 3.35. The zero-order chi connectivity index (χ0) is 16.1. The van der Waals surface area contributed by atoms with Crippen molar-refractivity contribution in [3.63, 3.8) is 0 Å². The molecule has 2 heterocycles. The topological polar surface area (TPSA) is 59.8 Å². The smallest absolute Gasteiger partial charge is 0.251 e.